The maximum Gasteiger partial charge on any atom is 0.137 e. The second-order valence-electron chi connectivity index (χ2n) is 6.91. The van der Waals surface area contributed by atoms with E-state index >= 15 is 0 Å². The Bertz CT molecular complexity index is 531. The molecule has 4 rings (SSSR count). The average molecular weight is 286 g/mol. The van der Waals surface area contributed by atoms with Crippen LogP contribution in [0.15, 0.2) is 11.6 Å². The summed E-state index contributed by atoms with van der Waals surface area (Å²) in [6.07, 6.45) is 12.8. The molecule has 0 N–H and O–H groups in total. The first-order valence-electron chi connectivity index (χ1n) is 8.72. The number of fused-ring (bicyclic) bond motifs is 1. The highest BCUT2D eigenvalue weighted by molar-refractivity contribution is 5.10. The summed E-state index contributed by atoms with van der Waals surface area (Å²) in [4.78, 5) is 2.65. The van der Waals surface area contributed by atoms with Crippen LogP contribution in [0.5, 0.6) is 0 Å². The van der Waals surface area contributed by atoms with E-state index in [0.29, 0.717) is 5.92 Å². The third-order valence-electron chi connectivity index (χ3n) is 5.32. The predicted molar refractivity (Wildman–Crippen MR) is 83.3 cm³/mol. The lowest BCUT2D eigenvalue weighted by atomic mass is 9.94. The lowest BCUT2D eigenvalue weighted by Gasteiger charge is -2.33. The van der Waals surface area contributed by atoms with E-state index in [4.69, 9.17) is 0 Å². The van der Waals surface area contributed by atoms with Crippen LogP contribution in [-0.4, -0.2) is 39.3 Å². The molecule has 0 unspecified atom stereocenters. The molecule has 0 amide bonds. The minimum Gasteiger partial charge on any atom is -0.315 e. The van der Waals surface area contributed by atoms with Gasteiger partial charge in [0.25, 0.3) is 0 Å². The highest BCUT2D eigenvalue weighted by Gasteiger charge is 2.28. The first-order valence-corrected chi connectivity index (χ1v) is 8.72. The average Bonchev–Trinajstić information content (AvgIpc) is 3.11. The first-order chi connectivity index (χ1) is 10.4. The van der Waals surface area contributed by atoms with Crippen LogP contribution in [0, 0.1) is 0 Å². The van der Waals surface area contributed by atoms with Gasteiger partial charge >= 0.3 is 0 Å². The Balaban J connectivity index is 1.44. The SMILES string of the molecule is C1=C(CN2CCC[C@H](c3nnc4n3CCC4)C2)CCCC1. The summed E-state index contributed by atoms with van der Waals surface area (Å²) in [5.41, 5.74) is 1.67. The van der Waals surface area contributed by atoms with Crippen molar-refractivity contribution in [1.82, 2.24) is 19.7 Å². The second kappa shape index (κ2) is 5.91. The molecule has 114 valence electrons. The third kappa shape index (κ3) is 2.78. The molecule has 3 aliphatic rings. The summed E-state index contributed by atoms with van der Waals surface area (Å²) in [5, 5.41) is 8.91. The molecule has 1 atom stereocenters. The van der Waals surface area contributed by atoms with Crippen molar-refractivity contribution in [1.29, 1.82) is 0 Å². The largest absolute Gasteiger partial charge is 0.315 e. The van der Waals surface area contributed by atoms with Gasteiger partial charge in [-0.15, -0.1) is 10.2 Å². The Morgan fingerprint density at radius 3 is 2.95 bits per heavy atom. The van der Waals surface area contributed by atoms with Gasteiger partial charge in [-0.2, -0.15) is 0 Å². The van der Waals surface area contributed by atoms with Crippen molar-refractivity contribution in [2.24, 2.45) is 0 Å². The van der Waals surface area contributed by atoms with E-state index in [1.54, 1.807) is 5.57 Å². The normalized spacial score (nSPS) is 26.7. The number of likely N-dealkylation sites (tertiary alicyclic amines) is 1. The Morgan fingerprint density at radius 1 is 1.05 bits per heavy atom. The Kier molecular flexibility index (Phi) is 3.80. The van der Waals surface area contributed by atoms with E-state index in [9.17, 15) is 0 Å². The summed E-state index contributed by atoms with van der Waals surface area (Å²) in [6.45, 7) is 4.77. The zero-order valence-electron chi connectivity index (χ0n) is 12.9. The van der Waals surface area contributed by atoms with Crippen LogP contribution in [0.2, 0.25) is 0 Å². The van der Waals surface area contributed by atoms with Gasteiger partial charge in [0.1, 0.15) is 11.6 Å². The van der Waals surface area contributed by atoms with Crippen molar-refractivity contribution >= 4 is 0 Å². The van der Waals surface area contributed by atoms with Crippen LogP contribution < -0.4 is 0 Å². The Labute approximate surface area is 127 Å². The number of aryl methyl sites for hydroxylation is 1. The molecule has 3 heterocycles. The molecule has 1 aromatic heterocycles. The standard InChI is InChI=1S/C17H26N4/c1-2-6-14(7-3-1)12-20-10-4-8-15(13-20)17-19-18-16-9-5-11-21(16)17/h6,15H,1-5,7-13H2/t15-/m0/s1. The fourth-order valence-corrected chi connectivity index (χ4v) is 4.22. The topological polar surface area (TPSA) is 34.0 Å². The molecule has 0 bridgehead atoms. The molecule has 0 spiro atoms. The third-order valence-corrected chi connectivity index (χ3v) is 5.32. The summed E-state index contributed by atoms with van der Waals surface area (Å²) in [6, 6.07) is 0. The maximum absolute atomic E-state index is 4.51. The molecule has 0 aromatic carbocycles. The lowest BCUT2D eigenvalue weighted by Crippen LogP contribution is -2.36. The molecule has 0 radical (unpaired) electrons. The smallest absolute Gasteiger partial charge is 0.137 e. The second-order valence-corrected chi connectivity index (χ2v) is 6.91. The van der Waals surface area contributed by atoms with Crippen LogP contribution in [-0.2, 0) is 13.0 Å². The van der Waals surface area contributed by atoms with Gasteiger partial charge in [-0.1, -0.05) is 11.6 Å². The molecule has 4 heteroatoms. The van der Waals surface area contributed by atoms with Gasteiger partial charge in [-0.25, -0.2) is 0 Å². The first kappa shape index (κ1) is 13.5. The van der Waals surface area contributed by atoms with E-state index in [-0.39, 0.29) is 0 Å². The van der Waals surface area contributed by atoms with Crippen LogP contribution in [0.4, 0.5) is 0 Å². The molecular weight excluding hydrogens is 260 g/mol. The minimum atomic E-state index is 0.599. The number of allylic oxidation sites excluding steroid dienone is 1. The monoisotopic (exact) mass is 286 g/mol. The highest BCUT2D eigenvalue weighted by Crippen LogP contribution is 2.29. The fourth-order valence-electron chi connectivity index (χ4n) is 4.22. The number of aromatic nitrogens is 3. The van der Waals surface area contributed by atoms with Gasteiger partial charge in [0.15, 0.2) is 0 Å². The number of hydrogen-bond acceptors (Lipinski definition) is 3. The molecule has 2 aliphatic heterocycles. The summed E-state index contributed by atoms with van der Waals surface area (Å²) in [7, 11) is 0. The lowest BCUT2D eigenvalue weighted by molar-refractivity contribution is 0.214. The molecular formula is C17H26N4. The number of rotatable bonds is 3. The number of nitrogens with zero attached hydrogens (tertiary/aromatic N) is 4. The van der Waals surface area contributed by atoms with Gasteiger partial charge in [-0.05, 0) is 51.5 Å². The molecule has 1 aromatic rings. The quantitative estimate of drug-likeness (QED) is 0.801. The minimum absolute atomic E-state index is 0.599. The zero-order valence-corrected chi connectivity index (χ0v) is 12.9. The van der Waals surface area contributed by atoms with Gasteiger partial charge in [0.05, 0.1) is 0 Å². The van der Waals surface area contributed by atoms with Gasteiger partial charge in [0.2, 0.25) is 0 Å². The number of hydrogen-bond donors (Lipinski definition) is 0. The molecule has 4 nitrogen and oxygen atoms in total. The number of piperidine rings is 1. The van der Waals surface area contributed by atoms with E-state index in [1.807, 2.05) is 0 Å². The highest BCUT2D eigenvalue weighted by atomic mass is 15.3. The maximum atomic E-state index is 4.51. The van der Waals surface area contributed by atoms with Crippen molar-refractivity contribution in [3.63, 3.8) is 0 Å². The molecule has 1 saturated heterocycles. The van der Waals surface area contributed by atoms with Crippen molar-refractivity contribution in [3.8, 4) is 0 Å². The predicted octanol–water partition coefficient (Wildman–Crippen LogP) is 2.90. The fraction of sp³-hybridized carbons (Fsp3) is 0.765. The van der Waals surface area contributed by atoms with Crippen molar-refractivity contribution < 1.29 is 0 Å². The van der Waals surface area contributed by atoms with Crippen molar-refractivity contribution in [2.75, 3.05) is 19.6 Å². The van der Waals surface area contributed by atoms with Crippen LogP contribution in [0.3, 0.4) is 0 Å². The summed E-state index contributed by atoms with van der Waals surface area (Å²) >= 11 is 0. The molecule has 0 saturated carbocycles. The summed E-state index contributed by atoms with van der Waals surface area (Å²) < 4.78 is 2.40. The van der Waals surface area contributed by atoms with E-state index in [2.05, 4.69) is 25.7 Å². The van der Waals surface area contributed by atoms with Gasteiger partial charge in [-0.3, -0.25) is 4.90 Å². The summed E-state index contributed by atoms with van der Waals surface area (Å²) in [5.74, 6) is 3.09. The van der Waals surface area contributed by atoms with Crippen LogP contribution in [0.25, 0.3) is 0 Å². The molecule has 21 heavy (non-hydrogen) atoms. The van der Waals surface area contributed by atoms with Crippen molar-refractivity contribution in [3.05, 3.63) is 23.3 Å². The zero-order chi connectivity index (χ0) is 14.1. The van der Waals surface area contributed by atoms with E-state index < -0.39 is 0 Å². The Morgan fingerprint density at radius 2 is 2.05 bits per heavy atom. The van der Waals surface area contributed by atoms with Crippen LogP contribution >= 0.6 is 0 Å². The Hall–Kier alpha value is -1.16. The van der Waals surface area contributed by atoms with E-state index in [1.165, 1.54) is 76.2 Å². The van der Waals surface area contributed by atoms with Crippen molar-refractivity contribution in [2.45, 2.75) is 63.8 Å². The molecule has 1 fully saturated rings. The van der Waals surface area contributed by atoms with Gasteiger partial charge < -0.3 is 4.57 Å². The van der Waals surface area contributed by atoms with E-state index in [0.717, 1.165) is 13.0 Å². The van der Waals surface area contributed by atoms with Gasteiger partial charge in [0, 0.05) is 32.0 Å². The molecule has 1 aliphatic carbocycles. The van der Waals surface area contributed by atoms with Crippen LogP contribution in [0.1, 0.15) is 62.5 Å².